The highest BCUT2D eigenvalue weighted by Gasteiger charge is 2.15. The molecular weight excluding hydrogens is 212 g/mol. The average Bonchev–Trinajstić information content (AvgIpc) is 2.25. The number of ether oxygens (including phenoxy) is 2. The van der Waals surface area contributed by atoms with E-state index < -0.39 is 18.0 Å². The zero-order valence-corrected chi connectivity index (χ0v) is 8.93. The van der Waals surface area contributed by atoms with Crippen LogP contribution in [-0.4, -0.2) is 19.0 Å². The smallest absolute Gasteiger partial charge is 0.303 e. The third-order valence-corrected chi connectivity index (χ3v) is 1.92. The summed E-state index contributed by atoms with van der Waals surface area (Å²) in [5.41, 5.74) is 0.330. The van der Waals surface area contributed by atoms with E-state index in [0.717, 1.165) is 6.92 Å². The standard InChI is InChI=1S/C11H12O5/c1-7(12)16-10(11(13)14)8-3-5-9(15-2)6-4-8/h3-6,10H,1-2H3,(H,13,14)/p-1. The van der Waals surface area contributed by atoms with E-state index in [1.807, 2.05) is 0 Å². The fourth-order valence-electron chi connectivity index (χ4n) is 1.20. The Balaban J connectivity index is 2.92. The van der Waals surface area contributed by atoms with Gasteiger partial charge in [0.2, 0.25) is 0 Å². The van der Waals surface area contributed by atoms with E-state index in [1.54, 1.807) is 12.1 Å². The molecule has 0 radical (unpaired) electrons. The molecule has 0 bridgehead atoms. The SMILES string of the molecule is COc1ccc(C(OC(C)=O)C(=O)[O-])cc1. The molecule has 1 atom stereocenters. The van der Waals surface area contributed by atoms with E-state index in [-0.39, 0.29) is 0 Å². The molecule has 1 rings (SSSR count). The summed E-state index contributed by atoms with van der Waals surface area (Å²) >= 11 is 0. The number of esters is 1. The minimum atomic E-state index is -1.46. The first-order valence-corrected chi connectivity index (χ1v) is 4.56. The van der Waals surface area contributed by atoms with Gasteiger partial charge in [0.25, 0.3) is 0 Å². The topological polar surface area (TPSA) is 75.7 Å². The molecule has 0 spiro atoms. The molecule has 0 amide bonds. The van der Waals surface area contributed by atoms with Crippen molar-refractivity contribution in [3.63, 3.8) is 0 Å². The van der Waals surface area contributed by atoms with Gasteiger partial charge in [-0.25, -0.2) is 0 Å². The van der Waals surface area contributed by atoms with E-state index >= 15 is 0 Å². The second-order valence-electron chi connectivity index (χ2n) is 3.08. The Morgan fingerprint density at radius 3 is 2.19 bits per heavy atom. The Hall–Kier alpha value is -2.04. The molecule has 0 N–H and O–H groups in total. The molecule has 0 aliphatic carbocycles. The van der Waals surface area contributed by atoms with Gasteiger partial charge in [-0.1, -0.05) is 12.1 Å². The van der Waals surface area contributed by atoms with Gasteiger partial charge in [-0.15, -0.1) is 0 Å². The number of carboxylic acids is 1. The first-order valence-electron chi connectivity index (χ1n) is 4.56. The van der Waals surface area contributed by atoms with Crippen molar-refractivity contribution in [3.05, 3.63) is 29.8 Å². The van der Waals surface area contributed by atoms with Crippen molar-refractivity contribution in [1.29, 1.82) is 0 Å². The fraction of sp³-hybridized carbons (Fsp3) is 0.273. The molecule has 0 aromatic heterocycles. The van der Waals surface area contributed by atoms with Crippen LogP contribution in [0.5, 0.6) is 5.75 Å². The molecule has 5 nitrogen and oxygen atoms in total. The number of methoxy groups -OCH3 is 1. The van der Waals surface area contributed by atoms with Crippen molar-refractivity contribution in [3.8, 4) is 5.75 Å². The van der Waals surface area contributed by atoms with Crippen molar-refractivity contribution in [2.45, 2.75) is 13.0 Å². The highest BCUT2D eigenvalue weighted by atomic mass is 16.6. The average molecular weight is 223 g/mol. The van der Waals surface area contributed by atoms with Crippen molar-refractivity contribution >= 4 is 11.9 Å². The van der Waals surface area contributed by atoms with Gasteiger partial charge in [-0.05, 0) is 17.7 Å². The molecule has 0 aliphatic rings. The number of carboxylic acid groups (broad SMARTS) is 1. The second-order valence-corrected chi connectivity index (χ2v) is 3.08. The highest BCUT2D eigenvalue weighted by Crippen LogP contribution is 2.20. The van der Waals surface area contributed by atoms with Crippen LogP contribution in [0.3, 0.4) is 0 Å². The lowest BCUT2D eigenvalue weighted by Gasteiger charge is -2.18. The normalized spacial score (nSPS) is 11.6. The molecule has 0 fully saturated rings. The lowest BCUT2D eigenvalue weighted by atomic mass is 10.1. The maximum atomic E-state index is 10.8. The van der Waals surface area contributed by atoms with Gasteiger partial charge in [0.05, 0.1) is 13.1 Å². The van der Waals surface area contributed by atoms with Gasteiger partial charge in [0.1, 0.15) is 5.75 Å². The summed E-state index contributed by atoms with van der Waals surface area (Å²) < 4.78 is 9.55. The van der Waals surface area contributed by atoms with Gasteiger partial charge >= 0.3 is 5.97 Å². The molecule has 1 aromatic carbocycles. The van der Waals surface area contributed by atoms with Gasteiger partial charge in [-0.3, -0.25) is 4.79 Å². The zero-order chi connectivity index (χ0) is 12.1. The van der Waals surface area contributed by atoms with Crippen LogP contribution >= 0.6 is 0 Å². The molecule has 0 aliphatic heterocycles. The second kappa shape index (κ2) is 5.16. The fourth-order valence-corrected chi connectivity index (χ4v) is 1.20. The molecule has 5 heteroatoms. The van der Waals surface area contributed by atoms with Gasteiger partial charge < -0.3 is 19.4 Å². The zero-order valence-electron chi connectivity index (χ0n) is 8.93. The molecule has 16 heavy (non-hydrogen) atoms. The Labute approximate surface area is 92.6 Å². The Morgan fingerprint density at radius 2 is 1.81 bits per heavy atom. The first-order chi connectivity index (χ1) is 7.54. The number of rotatable bonds is 4. The maximum Gasteiger partial charge on any atom is 0.303 e. The monoisotopic (exact) mass is 223 g/mol. The predicted molar refractivity (Wildman–Crippen MR) is 52.5 cm³/mol. The third-order valence-electron chi connectivity index (χ3n) is 1.92. The number of carbonyl (C=O) groups is 2. The largest absolute Gasteiger partial charge is 0.546 e. The van der Waals surface area contributed by atoms with Crippen molar-refractivity contribution in [1.82, 2.24) is 0 Å². The van der Waals surface area contributed by atoms with Crippen molar-refractivity contribution in [2.75, 3.05) is 7.11 Å². The van der Waals surface area contributed by atoms with Crippen LogP contribution in [0.1, 0.15) is 18.6 Å². The molecular formula is C11H11O5-. The quantitative estimate of drug-likeness (QED) is 0.674. The summed E-state index contributed by atoms with van der Waals surface area (Å²) in [5.74, 6) is -1.55. The summed E-state index contributed by atoms with van der Waals surface area (Å²) in [6.45, 7) is 1.14. The lowest BCUT2D eigenvalue weighted by molar-refractivity contribution is -0.316. The van der Waals surface area contributed by atoms with Crippen LogP contribution in [0.2, 0.25) is 0 Å². The lowest BCUT2D eigenvalue weighted by Crippen LogP contribution is -2.32. The molecule has 0 saturated heterocycles. The van der Waals surface area contributed by atoms with Gasteiger partial charge in [0, 0.05) is 6.92 Å². The van der Waals surface area contributed by atoms with Gasteiger partial charge in [0.15, 0.2) is 6.10 Å². The van der Waals surface area contributed by atoms with Crippen molar-refractivity contribution in [2.24, 2.45) is 0 Å². The Kier molecular flexibility index (Phi) is 3.88. The molecule has 0 saturated carbocycles. The highest BCUT2D eigenvalue weighted by molar-refractivity contribution is 5.77. The number of hydrogen-bond acceptors (Lipinski definition) is 5. The number of aliphatic carboxylic acids is 1. The van der Waals surface area contributed by atoms with E-state index in [9.17, 15) is 14.7 Å². The van der Waals surface area contributed by atoms with E-state index in [0.29, 0.717) is 11.3 Å². The maximum absolute atomic E-state index is 10.8. The van der Waals surface area contributed by atoms with Crippen LogP contribution in [-0.2, 0) is 14.3 Å². The van der Waals surface area contributed by atoms with Gasteiger partial charge in [-0.2, -0.15) is 0 Å². The van der Waals surface area contributed by atoms with E-state index in [4.69, 9.17) is 4.74 Å². The third kappa shape index (κ3) is 2.98. The summed E-state index contributed by atoms with van der Waals surface area (Å²) in [5, 5.41) is 10.8. The minimum absolute atomic E-state index is 0.330. The molecule has 86 valence electrons. The van der Waals surface area contributed by atoms with Crippen molar-refractivity contribution < 1.29 is 24.2 Å². The number of carbonyl (C=O) groups excluding carboxylic acids is 2. The van der Waals surface area contributed by atoms with Crippen LogP contribution in [0.15, 0.2) is 24.3 Å². The summed E-state index contributed by atoms with van der Waals surface area (Å²) in [6, 6.07) is 6.16. The predicted octanol–water partition coefficient (Wildman–Crippen LogP) is 0.0493. The molecule has 0 heterocycles. The number of hydrogen-bond donors (Lipinski definition) is 0. The van der Waals surface area contributed by atoms with Crippen LogP contribution in [0.4, 0.5) is 0 Å². The summed E-state index contributed by atoms with van der Waals surface area (Å²) in [6.07, 6.45) is -1.39. The number of benzene rings is 1. The van der Waals surface area contributed by atoms with E-state index in [1.165, 1.54) is 19.2 Å². The van der Waals surface area contributed by atoms with Crippen LogP contribution in [0.25, 0.3) is 0 Å². The molecule has 1 unspecified atom stereocenters. The Bertz CT molecular complexity index is 382. The molecule has 1 aromatic rings. The Morgan fingerprint density at radius 1 is 1.25 bits per heavy atom. The summed E-state index contributed by atoms with van der Waals surface area (Å²) in [7, 11) is 1.50. The minimum Gasteiger partial charge on any atom is -0.546 e. The van der Waals surface area contributed by atoms with Crippen LogP contribution < -0.4 is 9.84 Å². The van der Waals surface area contributed by atoms with E-state index in [2.05, 4.69) is 4.74 Å². The summed E-state index contributed by atoms with van der Waals surface area (Å²) in [4.78, 5) is 21.5. The van der Waals surface area contributed by atoms with Crippen LogP contribution in [0, 0.1) is 0 Å². The first kappa shape index (κ1) is 12.0.